The number of aryl methyl sites for hydroxylation is 1. The van der Waals surface area contributed by atoms with Gasteiger partial charge in [0.1, 0.15) is 11.6 Å². The predicted molar refractivity (Wildman–Crippen MR) is 124 cm³/mol. The predicted octanol–water partition coefficient (Wildman–Crippen LogP) is 5.13. The van der Waals surface area contributed by atoms with E-state index in [-0.39, 0.29) is 6.03 Å². The molecule has 0 aliphatic rings. The fourth-order valence-corrected chi connectivity index (χ4v) is 3.39. The van der Waals surface area contributed by atoms with Crippen LogP contribution in [-0.2, 0) is 6.42 Å². The average Bonchev–Trinajstić information content (AvgIpc) is 2.78. The van der Waals surface area contributed by atoms with Crippen molar-refractivity contribution >= 4 is 40.7 Å². The Morgan fingerprint density at radius 2 is 1.87 bits per heavy atom. The molecule has 2 amide bonds. The standard InChI is InChI=1S/C22H21Cl2N3O2.H3NO/c1-15-4-3-12-25-21(15)27(18-7-9-19(29-2)10-8-18)22(28)26-13-11-16-5-6-17(23)14-20(16)24;1-2/h3-10,12,14H,11,13H2,1-2H3,(H,26,28);2H,1H2. The monoisotopic (exact) mass is 462 g/mol. The first kappa shape index (κ1) is 24.4. The summed E-state index contributed by atoms with van der Waals surface area (Å²) >= 11 is 12.2. The third-order valence-corrected chi connectivity index (χ3v) is 5.00. The van der Waals surface area contributed by atoms with Crippen molar-refractivity contribution in [3.05, 3.63) is 82.0 Å². The van der Waals surface area contributed by atoms with Crippen molar-refractivity contribution in [2.45, 2.75) is 13.3 Å². The Kier molecular flexibility index (Phi) is 9.55. The van der Waals surface area contributed by atoms with Gasteiger partial charge in [-0.05, 0) is 66.9 Å². The Hall–Kier alpha value is -2.84. The SMILES string of the molecule is COc1ccc(N(C(=O)NCCc2ccc(Cl)cc2Cl)c2ncccc2C)cc1.NO. The van der Waals surface area contributed by atoms with Crippen molar-refractivity contribution < 1.29 is 14.7 Å². The molecule has 9 heteroatoms. The summed E-state index contributed by atoms with van der Waals surface area (Å²) < 4.78 is 5.22. The zero-order valence-electron chi connectivity index (χ0n) is 17.2. The van der Waals surface area contributed by atoms with E-state index in [9.17, 15) is 4.79 Å². The van der Waals surface area contributed by atoms with Crippen molar-refractivity contribution in [2.24, 2.45) is 5.90 Å². The highest BCUT2D eigenvalue weighted by atomic mass is 35.5. The number of urea groups is 1. The smallest absolute Gasteiger partial charge is 0.327 e. The van der Waals surface area contributed by atoms with Gasteiger partial charge >= 0.3 is 6.03 Å². The van der Waals surface area contributed by atoms with Crippen molar-refractivity contribution in [1.82, 2.24) is 10.3 Å². The number of rotatable bonds is 6. The van der Waals surface area contributed by atoms with Gasteiger partial charge in [0, 0.05) is 22.8 Å². The maximum atomic E-state index is 13.1. The lowest BCUT2D eigenvalue weighted by atomic mass is 10.1. The molecule has 164 valence electrons. The van der Waals surface area contributed by atoms with Gasteiger partial charge in [-0.25, -0.2) is 20.6 Å². The van der Waals surface area contributed by atoms with E-state index in [1.165, 1.54) is 0 Å². The Labute approximate surface area is 191 Å². The Bertz CT molecular complexity index is 1000. The Morgan fingerprint density at radius 1 is 1.16 bits per heavy atom. The van der Waals surface area contributed by atoms with Crippen LogP contribution < -0.4 is 20.9 Å². The minimum Gasteiger partial charge on any atom is -0.497 e. The van der Waals surface area contributed by atoms with Gasteiger partial charge in [-0.3, -0.25) is 0 Å². The van der Waals surface area contributed by atoms with E-state index in [4.69, 9.17) is 33.1 Å². The van der Waals surface area contributed by atoms with E-state index in [0.717, 1.165) is 11.1 Å². The number of ether oxygens (including phenoxy) is 1. The summed E-state index contributed by atoms with van der Waals surface area (Å²) in [6.45, 7) is 2.33. The zero-order chi connectivity index (χ0) is 22.8. The van der Waals surface area contributed by atoms with Crippen LogP contribution in [0.4, 0.5) is 16.3 Å². The fraction of sp³-hybridized carbons (Fsp3) is 0.182. The van der Waals surface area contributed by atoms with Crippen LogP contribution in [0.25, 0.3) is 0 Å². The molecule has 0 saturated heterocycles. The lowest BCUT2D eigenvalue weighted by Crippen LogP contribution is -2.38. The number of hydrogen-bond donors (Lipinski definition) is 3. The van der Waals surface area contributed by atoms with E-state index in [1.807, 2.05) is 37.3 Å². The van der Waals surface area contributed by atoms with Gasteiger partial charge in [-0.15, -0.1) is 0 Å². The molecule has 31 heavy (non-hydrogen) atoms. The van der Waals surface area contributed by atoms with Crippen LogP contribution >= 0.6 is 23.2 Å². The van der Waals surface area contributed by atoms with Gasteiger partial charge in [0.05, 0.1) is 12.8 Å². The lowest BCUT2D eigenvalue weighted by Gasteiger charge is -2.24. The number of halogens is 2. The molecular weight excluding hydrogens is 439 g/mol. The number of nitrogens with zero attached hydrogens (tertiary/aromatic N) is 2. The zero-order valence-corrected chi connectivity index (χ0v) is 18.7. The number of aromatic nitrogens is 1. The third-order valence-electron chi connectivity index (χ3n) is 4.41. The van der Waals surface area contributed by atoms with E-state index in [2.05, 4.69) is 16.2 Å². The van der Waals surface area contributed by atoms with Crippen LogP contribution in [0.1, 0.15) is 11.1 Å². The van der Waals surface area contributed by atoms with Crippen LogP contribution in [0.3, 0.4) is 0 Å². The molecule has 0 saturated carbocycles. The molecule has 0 aliphatic heterocycles. The molecule has 0 unspecified atom stereocenters. The van der Waals surface area contributed by atoms with Crippen LogP contribution in [0.2, 0.25) is 10.0 Å². The second-order valence-electron chi connectivity index (χ2n) is 6.40. The second kappa shape index (κ2) is 12.1. The summed E-state index contributed by atoms with van der Waals surface area (Å²) in [5.74, 6) is 4.78. The van der Waals surface area contributed by atoms with Gasteiger partial charge < -0.3 is 15.3 Å². The molecule has 0 radical (unpaired) electrons. The number of carbonyl (C=O) groups excluding carboxylic acids is 1. The third kappa shape index (κ3) is 6.57. The summed E-state index contributed by atoms with van der Waals surface area (Å²) in [4.78, 5) is 19.0. The van der Waals surface area contributed by atoms with Crippen molar-refractivity contribution in [3.8, 4) is 5.75 Å². The topological polar surface area (TPSA) is 101 Å². The molecule has 2 aromatic carbocycles. The first-order valence-corrected chi connectivity index (χ1v) is 10.1. The minimum absolute atomic E-state index is 0.276. The molecule has 4 N–H and O–H groups in total. The first-order chi connectivity index (χ1) is 15.0. The number of hydrogen-bond acceptors (Lipinski definition) is 5. The molecule has 0 bridgehead atoms. The van der Waals surface area contributed by atoms with E-state index in [1.54, 1.807) is 42.5 Å². The maximum Gasteiger partial charge on any atom is 0.327 e. The Balaban J connectivity index is 0.00000166. The van der Waals surface area contributed by atoms with Gasteiger partial charge in [0.15, 0.2) is 0 Å². The number of benzene rings is 2. The first-order valence-electron chi connectivity index (χ1n) is 9.33. The largest absolute Gasteiger partial charge is 0.497 e. The van der Waals surface area contributed by atoms with E-state index >= 15 is 0 Å². The van der Waals surface area contributed by atoms with E-state index < -0.39 is 0 Å². The van der Waals surface area contributed by atoms with Crippen LogP contribution in [0.5, 0.6) is 5.75 Å². The van der Waals surface area contributed by atoms with Crippen LogP contribution in [0.15, 0.2) is 60.8 Å². The average molecular weight is 463 g/mol. The van der Waals surface area contributed by atoms with Crippen molar-refractivity contribution in [1.29, 1.82) is 0 Å². The second-order valence-corrected chi connectivity index (χ2v) is 7.24. The molecule has 1 aromatic heterocycles. The van der Waals surface area contributed by atoms with Gasteiger partial charge in [0.25, 0.3) is 0 Å². The highest BCUT2D eigenvalue weighted by molar-refractivity contribution is 6.35. The summed E-state index contributed by atoms with van der Waals surface area (Å²) in [7, 11) is 1.60. The number of amides is 2. The maximum absolute atomic E-state index is 13.1. The summed E-state index contributed by atoms with van der Waals surface area (Å²) in [6.07, 6.45) is 2.25. The van der Waals surface area contributed by atoms with Crippen molar-refractivity contribution in [2.75, 3.05) is 18.6 Å². The Morgan fingerprint density at radius 3 is 2.48 bits per heavy atom. The molecule has 3 aromatic rings. The van der Waals surface area contributed by atoms with Crippen LogP contribution in [-0.4, -0.2) is 29.9 Å². The quantitative estimate of drug-likeness (QED) is 0.440. The van der Waals surface area contributed by atoms with Crippen LogP contribution in [0, 0.1) is 6.92 Å². The molecule has 7 nitrogen and oxygen atoms in total. The molecular formula is C22H24Cl2N4O3. The number of carbonyl (C=O) groups is 1. The highest BCUT2D eigenvalue weighted by Crippen LogP contribution is 2.28. The molecule has 0 aliphatic carbocycles. The molecule has 0 fully saturated rings. The minimum atomic E-state index is -0.276. The van der Waals surface area contributed by atoms with Gasteiger partial charge in [-0.2, -0.15) is 0 Å². The summed E-state index contributed by atoms with van der Waals surface area (Å²) in [5, 5.41) is 10.6. The normalized spacial score (nSPS) is 10.0. The summed E-state index contributed by atoms with van der Waals surface area (Å²) in [5.41, 5.74) is 2.50. The van der Waals surface area contributed by atoms with Gasteiger partial charge in [0.2, 0.25) is 0 Å². The summed E-state index contributed by atoms with van der Waals surface area (Å²) in [6, 6.07) is 16.1. The lowest BCUT2D eigenvalue weighted by molar-refractivity contribution is 0.248. The number of pyridine rings is 1. The number of nitrogens with two attached hydrogens (primary N) is 1. The van der Waals surface area contributed by atoms with Gasteiger partial charge in [-0.1, -0.05) is 35.3 Å². The number of anilines is 2. The molecule has 1 heterocycles. The molecule has 0 atom stereocenters. The number of nitrogens with one attached hydrogen (secondary N) is 1. The fourth-order valence-electron chi connectivity index (χ4n) is 2.89. The molecule has 0 spiro atoms. The van der Waals surface area contributed by atoms with E-state index in [0.29, 0.717) is 40.3 Å². The molecule has 3 rings (SSSR count). The number of methoxy groups -OCH3 is 1. The van der Waals surface area contributed by atoms with Crippen molar-refractivity contribution in [3.63, 3.8) is 0 Å². The highest BCUT2D eigenvalue weighted by Gasteiger charge is 2.21.